The molecule has 1 aliphatic heterocycles. The van der Waals surface area contributed by atoms with Gasteiger partial charge in [0, 0.05) is 74.0 Å². The summed E-state index contributed by atoms with van der Waals surface area (Å²) in [7, 11) is 3.02. The van der Waals surface area contributed by atoms with Crippen molar-refractivity contribution in [2.75, 3.05) is 39.2 Å². The fourth-order valence-electron chi connectivity index (χ4n) is 5.33. The van der Waals surface area contributed by atoms with Crippen LogP contribution in [0.15, 0.2) is 41.8 Å². The first-order valence-corrected chi connectivity index (χ1v) is 13.7. The smallest absolute Gasteiger partial charge is 0.260 e. The zero-order chi connectivity index (χ0) is 29.8. The van der Waals surface area contributed by atoms with E-state index in [-0.39, 0.29) is 40.4 Å². The van der Waals surface area contributed by atoms with Gasteiger partial charge < -0.3 is 14.4 Å². The molecule has 2 aromatic heterocycles. The minimum absolute atomic E-state index is 0.0688. The number of nitrogens with one attached hydrogen (secondary N) is 1. The molecule has 4 rings (SSSR count). The van der Waals surface area contributed by atoms with Crippen LogP contribution < -0.4 is 20.3 Å². The van der Waals surface area contributed by atoms with Crippen molar-refractivity contribution in [3.63, 3.8) is 0 Å². The van der Waals surface area contributed by atoms with Crippen LogP contribution in [0.1, 0.15) is 27.2 Å². The van der Waals surface area contributed by atoms with Crippen LogP contribution in [0.2, 0.25) is 5.02 Å². The third kappa shape index (κ3) is 6.36. The average molecular weight is 583 g/mol. The summed E-state index contributed by atoms with van der Waals surface area (Å²) in [6.07, 6.45) is 3.55. The number of pyridine rings is 1. The van der Waals surface area contributed by atoms with Gasteiger partial charge in [-0.3, -0.25) is 29.2 Å². The quantitative estimate of drug-likeness (QED) is 0.380. The number of hydrogen-bond donors (Lipinski definition) is 1. The highest BCUT2D eigenvalue weighted by atomic mass is 35.5. The van der Waals surface area contributed by atoms with Crippen LogP contribution in [-0.4, -0.2) is 82.1 Å². The maximum absolute atomic E-state index is 14.0. The number of amides is 2. The van der Waals surface area contributed by atoms with E-state index in [2.05, 4.69) is 40.6 Å². The van der Waals surface area contributed by atoms with E-state index in [4.69, 9.17) is 21.1 Å². The lowest BCUT2D eigenvalue weighted by Gasteiger charge is -2.44. The summed E-state index contributed by atoms with van der Waals surface area (Å²) in [5.41, 5.74) is 0.893. The third-order valence-electron chi connectivity index (χ3n) is 7.26. The number of fused-ring (bicyclic) bond motifs is 1. The van der Waals surface area contributed by atoms with Gasteiger partial charge in [-0.1, -0.05) is 18.2 Å². The van der Waals surface area contributed by atoms with Crippen molar-refractivity contribution in [2.45, 2.75) is 45.8 Å². The van der Waals surface area contributed by atoms with Crippen molar-refractivity contribution in [1.82, 2.24) is 24.3 Å². The molecule has 1 fully saturated rings. The Morgan fingerprint density at radius 1 is 1.12 bits per heavy atom. The molecular formula is C29H35ClN6O5. The highest BCUT2D eigenvalue weighted by Gasteiger charge is 2.30. The monoisotopic (exact) mass is 582 g/mol. The second kappa shape index (κ2) is 12.7. The van der Waals surface area contributed by atoms with Crippen LogP contribution in [0, 0.1) is 0 Å². The Hall–Kier alpha value is -3.96. The second-order valence-electron chi connectivity index (χ2n) is 10.1. The van der Waals surface area contributed by atoms with E-state index < -0.39 is 0 Å². The molecule has 0 radical (unpaired) electrons. The van der Waals surface area contributed by atoms with Gasteiger partial charge >= 0.3 is 0 Å². The number of carbonyl (C=O) groups excluding carboxylic acids is 2. The molecule has 0 aliphatic carbocycles. The van der Waals surface area contributed by atoms with Crippen LogP contribution in [0.25, 0.3) is 22.2 Å². The van der Waals surface area contributed by atoms with Crippen molar-refractivity contribution >= 4 is 40.4 Å². The summed E-state index contributed by atoms with van der Waals surface area (Å²) < 4.78 is 12.4. The Morgan fingerprint density at radius 3 is 2.44 bits per heavy atom. The number of aryl methyl sites for hydroxylation is 1. The van der Waals surface area contributed by atoms with Crippen molar-refractivity contribution in [2.24, 2.45) is 0 Å². The molecular weight excluding hydrogens is 548 g/mol. The van der Waals surface area contributed by atoms with E-state index in [0.717, 1.165) is 0 Å². The van der Waals surface area contributed by atoms with E-state index in [0.29, 0.717) is 66.3 Å². The lowest BCUT2D eigenvalue weighted by atomic mass is 10.0. The van der Waals surface area contributed by atoms with Crippen LogP contribution in [0.5, 0.6) is 11.5 Å². The van der Waals surface area contributed by atoms with Gasteiger partial charge in [-0.2, -0.15) is 4.98 Å². The van der Waals surface area contributed by atoms with E-state index in [1.54, 1.807) is 29.0 Å². The normalized spacial score (nSPS) is 17.4. The first-order valence-electron chi connectivity index (χ1n) is 13.3. The highest BCUT2D eigenvalue weighted by Crippen LogP contribution is 2.38. The molecule has 2 atom stereocenters. The second-order valence-corrected chi connectivity index (χ2v) is 10.5. The lowest BCUT2D eigenvalue weighted by molar-refractivity contribution is -0.130. The van der Waals surface area contributed by atoms with Gasteiger partial charge in [0.15, 0.2) is 0 Å². The van der Waals surface area contributed by atoms with Crippen molar-refractivity contribution in [3.05, 3.63) is 52.4 Å². The van der Waals surface area contributed by atoms with Gasteiger partial charge in [0.25, 0.3) is 5.56 Å². The van der Waals surface area contributed by atoms with E-state index in [9.17, 15) is 14.4 Å². The Balaban J connectivity index is 1.73. The molecule has 1 aromatic carbocycles. The van der Waals surface area contributed by atoms with Crippen LogP contribution in [-0.2, 0) is 16.1 Å². The minimum Gasteiger partial charge on any atom is -0.497 e. The van der Waals surface area contributed by atoms with Gasteiger partial charge in [0.05, 0.1) is 19.2 Å². The zero-order valence-corrected chi connectivity index (χ0v) is 24.7. The Bertz CT molecular complexity index is 1530. The Labute approximate surface area is 243 Å². The third-order valence-corrected chi connectivity index (χ3v) is 7.65. The Morgan fingerprint density at radius 2 is 1.83 bits per heavy atom. The molecule has 0 saturated carbocycles. The molecule has 218 valence electrons. The zero-order valence-electron chi connectivity index (χ0n) is 23.9. The molecule has 0 bridgehead atoms. The van der Waals surface area contributed by atoms with Gasteiger partial charge in [0.1, 0.15) is 17.1 Å². The van der Waals surface area contributed by atoms with Crippen LogP contribution in [0.4, 0.5) is 5.95 Å². The predicted octanol–water partition coefficient (Wildman–Crippen LogP) is 3.58. The molecule has 3 aromatic rings. The van der Waals surface area contributed by atoms with Gasteiger partial charge in [-0.25, -0.2) is 4.98 Å². The number of piperazine rings is 1. The first-order chi connectivity index (χ1) is 19.6. The van der Waals surface area contributed by atoms with E-state index in [1.165, 1.54) is 27.2 Å². The summed E-state index contributed by atoms with van der Waals surface area (Å²) in [6, 6.07) is 5.31. The summed E-state index contributed by atoms with van der Waals surface area (Å²) in [5, 5.41) is 3.47. The summed E-state index contributed by atoms with van der Waals surface area (Å²) in [5.74, 6) is 0.586. The molecule has 1 saturated heterocycles. The molecule has 1 N–H and O–H groups in total. The molecule has 12 heteroatoms. The predicted molar refractivity (Wildman–Crippen MR) is 159 cm³/mol. The summed E-state index contributed by atoms with van der Waals surface area (Å²) in [6.45, 7) is 11.4. The number of nitrogens with zero attached hydrogens (tertiary/aromatic N) is 5. The number of rotatable bonds is 9. The molecule has 2 unspecified atom stereocenters. The molecule has 1 aliphatic rings. The van der Waals surface area contributed by atoms with Gasteiger partial charge in [-0.05, 0) is 38.5 Å². The average Bonchev–Trinajstić information content (AvgIpc) is 2.94. The molecule has 2 amide bonds. The topological polar surface area (TPSA) is 119 Å². The largest absolute Gasteiger partial charge is 0.497 e. The molecule has 3 heterocycles. The molecule has 0 spiro atoms. The maximum atomic E-state index is 14.0. The van der Waals surface area contributed by atoms with Gasteiger partial charge in [-0.15, -0.1) is 0 Å². The first kappa shape index (κ1) is 30.0. The number of benzene rings is 1. The minimum atomic E-state index is -0.317. The van der Waals surface area contributed by atoms with Gasteiger partial charge in [0.2, 0.25) is 17.8 Å². The number of aromatic nitrogens is 3. The fraction of sp³-hybridized carbons (Fsp3) is 0.414. The van der Waals surface area contributed by atoms with E-state index >= 15 is 0 Å². The van der Waals surface area contributed by atoms with Crippen LogP contribution in [0.3, 0.4) is 0 Å². The number of anilines is 1. The van der Waals surface area contributed by atoms with Crippen molar-refractivity contribution in [1.29, 1.82) is 0 Å². The van der Waals surface area contributed by atoms with Crippen molar-refractivity contribution in [3.8, 4) is 22.6 Å². The molecule has 41 heavy (non-hydrogen) atoms. The lowest BCUT2D eigenvalue weighted by Crippen LogP contribution is -2.58. The maximum Gasteiger partial charge on any atom is 0.260 e. The number of carbonyl (C=O) groups is 2. The number of ether oxygens (including phenoxy) is 2. The SMILES string of the molecule is C=CC(=O)N1CC(C)N(CCCn2c(=O)c(-c3cc(OC)cc(OC)c3Cl)cc3cnc(NC(C)=O)nc32)C(C)C1. The summed E-state index contributed by atoms with van der Waals surface area (Å²) >= 11 is 6.66. The number of halogens is 1. The van der Waals surface area contributed by atoms with Crippen molar-refractivity contribution < 1.29 is 19.1 Å². The highest BCUT2D eigenvalue weighted by molar-refractivity contribution is 6.35. The van der Waals surface area contributed by atoms with Crippen LogP contribution >= 0.6 is 11.6 Å². The Kier molecular flexibility index (Phi) is 9.29. The molecule has 11 nitrogen and oxygen atoms in total. The number of methoxy groups -OCH3 is 2. The number of hydrogen-bond acceptors (Lipinski definition) is 8. The summed E-state index contributed by atoms with van der Waals surface area (Å²) in [4.78, 5) is 50.8. The fourth-order valence-corrected chi connectivity index (χ4v) is 5.62. The van der Waals surface area contributed by atoms with E-state index in [1.807, 2.05) is 4.90 Å². The standard InChI is InChI=1S/C29H35ClN6O5/c1-7-25(38)34-15-17(2)35(18(3)16-34)9-8-10-36-27-20(14-31-29(33-27)32-19(4)37)11-23(28(36)39)22-12-21(40-5)13-24(41-6)26(22)30/h7,11-14,17-18H,1,8-10,15-16H2,2-6H3,(H,31,32,33,37).